The van der Waals surface area contributed by atoms with Crippen LogP contribution in [0.4, 0.5) is 0 Å². The van der Waals surface area contributed by atoms with Gasteiger partial charge in [-0.25, -0.2) is 0 Å². The zero-order valence-corrected chi connectivity index (χ0v) is 20.3. The Bertz CT molecular complexity index is 554. The Kier molecular flexibility index (Phi) is 21.3. The minimum Gasteiger partial charge on any atom is -0.394 e. The van der Waals surface area contributed by atoms with Crippen LogP contribution >= 0.6 is 0 Å². The van der Waals surface area contributed by atoms with Crippen LogP contribution in [-0.2, 0) is 4.79 Å². The summed E-state index contributed by atoms with van der Waals surface area (Å²) in [4.78, 5) is 12.1. The molecule has 32 heavy (non-hydrogen) atoms. The highest BCUT2D eigenvalue weighted by molar-refractivity contribution is 5.76. The summed E-state index contributed by atoms with van der Waals surface area (Å²) in [6.45, 7) is 3.84. The summed E-state index contributed by atoms with van der Waals surface area (Å²) in [7, 11) is 0. The molecule has 0 aromatic heterocycles. The predicted molar refractivity (Wildman–Crippen MR) is 134 cm³/mol. The van der Waals surface area contributed by atoms with Crippen LogP contribution in [0.2, 0.25) is 0 Å². The van der Waals surface area contributed by atoms with Crippen LogP contribution in [0.5, 0.6) is 0 Å². The lowest BCUT2D eigenvalue weighted by Gasteiger charge is -2.20. The first-order chi connectivity index (χ1) is 15.5. The normalized spacial score (nSPS) is 15.3. The SMILES string of the molecule is C/C=C/CC/C=C/CC/C=C/C(O)C(CO)NC(=O)CC(O)CCCC/C=C\CCCC. The largest absolute Gasteiger partial charge is 0.394 e. The molecule has 1 amide bonds. The van der Waals surface area contributed by atoms with Crippen LogP contribution in [0.3, 0.4) is 0 Å². The number of hydrogen-bond donors (Lipinski definition) is 4. The highest BCUT2D eigenvalue weighted by Gasteiger charge is 2.19. The fourth-order valence-corrected chi connectivity index (χ4v) is 3.18. The molecule has 5 nitrogen and oxygen atoms in total. The molecular formula is C27H47NO4. The van der Waals surface area contributed by atoms with Gasteiger partial charge in [-0.05, 0) is 58.3 Å². The van der Waals surface area contributed by atoms with Gasteiger partial charge in [-0.3, -0.25) is 4.79 Å². The van der Waals surface area contributed by atoms with Crippen LogP contribution in [0, 0.1) is 0 Å². The summed E-state index contributed by atoms with van der Waals surface area (Å²) in [6.07, 6.45) is 25.4. The number of aliphatic hydroxyl groups is 3. The monoisotopic (exact) mass is 449 g/mol. The van der Waals surface area contributed by atoms with E-state index in [-0.39, 0.29) is 18.9 Å². The van der Waals surface area contributed by atoms with Gasteiger partial charge < -0.3 is 20.6 Å². The van der Waals surface area contributed by atoms with E-state index in [9.17, 15) is 20.1 Å². The maximum Gasteiger partial charge on any atom is 0.222 e. The number of unbranched alkanes of at least 4 members (excludes halogenated alkanes) is 6. The standard InChI is InChI=1S/C27H47NO4/c1-3-5-7-9-11-13-15-17-19-21-26(31)25(23-29)28-27(32)22-24(30)20-18-16-14-12-10-8-6-4-2/h3,5,10-13,19,21,24-26,29-31H,4,6-9,14-18,20,22-23H2,1-2H3,(H,28,32)/b5-3+,12-10-,13-11+,21-19+. The third-order valence-electron chi connectivity index (χ3n) is 5.16. The van der Waals surface area contributed by atoms with Crippen molar-refractivity contribution < 1.29 is 20.1 Å². The number of amides is 1. The fourth-order valence-electron chi connectivity index (χ4n) is 3.18. The average molecular weight is 450 g/mol. The molecule has 0 saturated heterocycles. The van der Waals surface area contributed by atoms with E-state index >= 15 is 0 Å². The van der Waals surface area contributed by atoms with Crippen molar-refractivity contribution in [2.75, 3.05) is 6.61 Å². The number of aliphatic hydroxyl groups excluding tert-OH is 3. The summed E-state index contributed by atoms with van der Waals surface area (Å²) in [5.74, 6) is -0.354. The molecule has 3 unspecified atom stereocenters. The quantitative estimate of drug-likeness (QED) is 0.153. The molecule has 184 valence electrons. The molecule has 0 aromatic rings. The van der Waals surface area contributed by atoms with Gasteiger partial charge >= 0.3 is 0 Å². The predicted octanol–water partition coefficient (Wildman–Crippen LogP) is 5.13. The molecule has 0 saturated carbocycles. The fraction of sp³-hybridized carbons (Fsp3) is 0.667. The summed E-state index contributed by atoms with van der Waals surface area (Å²) in [5, 5.41) is 32.4. The number of carbonyl (C=O) groups is 1. The van der Waals surface area contributed by atoms with Crippen LogP contribution < -0.4 is 5.32 Å². The maximum atomic E-state index is 12.1. The molecule has 0 aromatic carbocycles. The van der Waals surface area contributed by atoms with E-state index in [1.54, 1.807) is 6.08 Å². The summed E-state index contributed by atoms with van der Waals surface area (Å²) in [5.41, 5.74) is 0. The van der Waals surface area contributed by atoms with E-state index < -0.39 is 18.2 Å². The second-order valence-corrected chi connectivity index (χ2v) is 8.23. The van der Waals surface area contributed by atoms with Crippen LogP contribution in [0.1, 0.15) is 90.9 Å². The van der Waals surface area contributed by atoms with Gasteiger partial charge in [0.25, 0.3) is 0 Å². The van der Waals surface area contributed by atoms with Crippen LogP contribution in [0.15, 0.2) is 48.6 Å². The zero-order chi connectivity index (χ0) is 23.9. The van der Waals surface area contributed by atoms with Crippen molar-refractivity contribution in [1.82, 2.24) is 5.32 Å². The Morgan fingerprint density at radius 1 is 0.844 bits per heavy atom. The molecule has 0 aliphatic heterocycles. The number of rotatable bonds is 20. The molecule has 0 bridgehead atoms. The second kappa shape index (κ2) is 22.5. The van der Waals surface area contributed by atoms with Crippen molar-refractivity contribution in [1.29, 1.82) is 0 Å². The van der Waals surface area contributed by atoms with Gasteiger partial charge in [-0.2, -0.15) is 0 Å². The lowest BCUT2D eigenvalue weighted by Crippen LogP contribution is -2.45. The molecular weight excluding hydrogens is 402 g/mol. The average Bonchev–Trinajstić information content (AvgIpc) is 2.77. The van der Waals surface area contributed by atoms with Crippen molar-refractivity contribution in [3.63, 3.8) is 0 Å². The smallest absolute Gasteiger partial charge is 0.222 e. The molecule has 5 heteroatoms. The minimum atomic E-state index is -0.959. The van der Waals surface area contributed by atoms with E-state index in [1.807, 2.05) is 19.1 Å². The Morgan fingerprint density at radius 3 is 2.06 bits per heavy atom. The zero-order valence-electron chi connectivity index (χ0n) is 20.3. The molecule has 0 aliphatic rings. The third kappa shape index (κ3) is 19.0. The summed E-state index contributed by atoms with van der Waals surface area (Å²) >= 11 is 0. The number of allylic oxidation sites excluding steroid dienone is 7. The summed E-state index contributed by atoms with van der Waals surface area (Å²) < 4.78 is 0. The lowest BCUT2D eigenvalue weighted by atomic mass is 10.1. The first-order valence-corrected chi connectivity index (χ1v) is 12.4. The van der Waals surface area contributed by atoms with Gasteiger partial charge in [0.05, 0.1) is 31.3 Å². The van der Waals surface area contributed by atoms with Crippen molar-refractivity contribution in [3.05, 3.63) is 48.6 Å². The molecule has 0 radical (unpaired) electrons. The van der Waals surface area contributed by atoms with Crippen LogP contribution in [-0.4, -0.2) is 46.1 Å². The van der Waals surface area contributed by atoms with Gasteiger partial charge in [-0.15, -0.1) is 0 Å². The molecule has 0 heterocycles. The highest BCUT2D eigenvalue weighted by atomic mass is 16.3. The Hall–Kier alpha value is -1.69. The number of nitrogens with one attached hydrogen (secondary N) is 1. The van der Waals surface area contributed by atoms with Crippen molar-refractivity contribution >= 4 is 5.91 Å². The van der Waals surface area contributed by atoms with Gasteiger partial charge in [0.1, 0.15) is 0 Å². The number of carbonyl (C=O) groups excluding carboxylic acids is 1. The van der Waals surface area contributed by atoms with E-state index in [0.717, 1.165) is 51.4 Å². The second-order valence-electron chi connectivity index (χ2n) is 8.23. The first kappa shape index (κ1) is 30.3. The van der Waals surface area contributed by atoms with Crippen LogP contribution in [0.25, 0.3) is 0 Å². The van der Waals surface area contributed by atoms with Gasteiger partial charge in [0, 0.05) is 0 Å². The number of hydrogen-bond acceptors (Lipinski definition) is 4. The van der Waals surface area contributed by atoms with E-state index in [0.29, 0.717) is 6.42 Å². The molecule has 0 rings (SSSR count). The summed E-state index contributed by atoms with van der Waals surface area (Å²) in [6, 6.07) is -0.768. The molecule has 0 fully saturated rings. The molecule has 0 spiro atoms. The molecule has 3 atom stereocenters. The van der Waals surface area contributed by atoms with Crippen molar-refractivity contribution in [2.45, 2.75) is 109 Å². The topological polar surface area (TPSA) is 89.8 Å². The van der Waals surface area contributed by atoms with Crippen molar-refractivity contribution in [2.24, 2.45) is 0 Å². The third-order valence-corrected chi connectivity index (χ3v) is 5.16. The first-order valence-electron chi connectivity index (χ1n) is 12.4. The van der Waals surface area contributed by atoms with E-state index in [1.165, 1.54) is 12.8 Å². The van der Waals surface area contributed by atoms with E-state index in [4.69, 9.17) is 0 Å². The Morgan fingerprint density at radius 2 is 1.44 bits per heavy atom. The Balaban J connectivity index is 4.04. The Labute approximate surface area is 196 Å². The molecule has 4 N–H and O–H groups in total. The molecule has 0 aliphatic carbocycles. The van der Waals surface area contributed by atoms with Gasteiger partial charge in [-0.1, -0.05) is 74.8 Å². The van der Waals surface area contributed by atoms with Gasteiger partial charge in [0.15, 0.2) is 0 Å². The van der Waals surface area contributed by atoms with Crippen molar-refractivity contribution in [3.8, 4) is 0 Å². The highest BCUT2D eigenvalue weighted by Crippen LogP contribution is 2.09. The lowest BCUT2D eigenvalue weighted by molar-refractivity contribution is -0.124. The van der Waals surface area contributed by atoms with Gasteiger partial charge in [0.2, 0.25) is 5.91 Å². The minimum absolute atomic E-state index is 0.0166. The maximum absolute atomic E-state index is 12.1. The van der Waals surface area contributed by atoms with E-state index in [2.05, 4.69) is 42.6 Å².